The van der Waals surface area contributed by atoms with E-state index in [0.29, 0.717) is 11.3 Å². The van der Waals surface area contributed by atoms with Crippen LogP contribution in [0.1, 0.15) is 25.0 Å². The van der Waals surface area contributed by atoms with Crippen molar-refractivity contribution in [2.75, 3.05) is 6.61 Å². The maximum Gasteiger partial charge on any atom is 0.159 e. The summed E-state index contributed by atoms with van der Waals surface area (Å²) < 4.78 is 5.62. The third kappa shape index (κ3) is 2.31. The Bertz CT molecular complexity index is 555. The second-order valence-electron chi connectivity index (χ2n) is 4.53. The van der Waals surface area contributed by atoms with Gasteiger partial charge < -0.3 is 4.74 Å². The van der Waals surface area contributed by atoms with Crippen LogP contribution in [0, 0.1) is 0 Å². The zero-order valence-corrected chi connectivity index (χ0v) is 10.7. The minimum absolute atomic E-state index is 0.370. The molecule has 1 aliphatic rings. The fourth-order valence-corrected chi connectivity index (χ4v) is 2.57. The zero-order chi connectivity index (χ0) is 12.4. The molecule has 0 amide bonds. The lowest BCUT2D eigenvalue weighted by molar-refractivity contribution is 0.104. The van der Waals surface area contributed by atoms with Crippen LogP contribution in [0.4, 0.5) is 0 Å². The van der Waals surface area contributed by atoms with Crippen LogP contribution in [-0.2, 0) is 11.2 Å². The molecule has 0 bridgehead atoms. The van der Waals surface area contributed by atoms with Gasteiger partial charge in [-0.2, -0.15) is 5.10 Å². The van der Waals surface area contributed by atoms with Crippen molar-refractivity contribution in [2.24, 2.45) is 0 Å². The van der Waals surface area contributed by atoms with E-state index in [0.717, 1.165) is 42.3 Å². The minimum atomic E-state index is 0.370. The number of aryl methyl sites for hydroxylation is 1. The maximum absolute atomic E-state index is 6.03. The van der Waals surface area contributed by atoms with Gasteiger partial charge in [-0.25, -0.2) is 0 Å². The summed E-state index contributed by atoms with van der Waals surface area (Å²) >= 11 is 6.03. The van der Waals surface area contributed by atoms with Crippen LogP contribution in [0.2, 0.25) is 5.15 Å². The van der Waals surface area contributed by atoms with Crippen LogP contribution in [0.15, 0.2) is 18.5 Å². The normalized spacial score (nSPS) is 19.5. The summed E-state index contributed by atoms with van der Waals surface area (Å²) in [6, 6.07) is 1.88. The predicted octanol–water partition coefficient (Wildman–Crippen LogP) is 2.79. The molecule has 1 fully saturated rings. The molecule has 1 atom stereocenters. The third-order valence-corrected chi connectivity index (χ3v) is 3.62. The Hall–Kier alpha value is -1.26. The molecule has 2 aromatic rings. The van der Waals surface area contributed by atoms with Crippen LogP contribution in [0.5, 0.6) is 0 Å². The molecule has 2 aromatic heterocycles. The molecule has 3 heterocycles. The number of pyridine rings is 1. The molecule has 1 saturated heterocycles. The first-order valence-electron chi connectivity index (χ1n) is 6.21. The average Bonchev–Trinajstić information content (AvgIpc) is 2.92. The first-order valence-corrected chi connectivity index (χ1v) is 6.59. The smallest absolute Gasteiger partial charge is 0.159 e. The highest BCUT2D eigenvalue weighted by molar-refractivity contribution is 6.34. The Morgan fingerprint density at radius 2 is 2.28 bits per heavy atom. The second-order valence-corrected chi connectivity index (χ2v) is 4.89. The number of ether oxygens (including phenoxy) is 1. The van der Waals surface area contributed by atoms with Crippen molar-refractivity contribution in [1.82, 2.24) is 15.2 Å². The van der Waals surface area contributed by atoms with E-state index in [2.05, 4.69) is 15.2 Å². The minimum Gasteiger partial charge on any atom is -0.378 e. The van der Waals surface area contributed by atoms with Crippen molar-refractivity contribution in [3.8, 4) is 0 Å². The summed E-state index contributed by atoms with van der Waals surface area (Å²) in [6.45, 7) is 0.888. The summed E-state index contributed by atoms with van der Waals surface area (Å²) in [5.74, 6) is 0. The van der Waals surface area contributed by atoms with E-state index >= 15 is 0 Å². The third-order valence-electron chi connectivity index (χ3n) is 3.34. The predicted molar refractivity (Wildman–Crippen MR) is 69.6 cm³/mol. The Balaban J connectivity index is 1.85. The number of rotatable bonds is 3. The molecule has 18 heavy (non-hydrogen) atoms. The van der Waals surface area contributed by atoms with E-state index < -0.39 is 0 Å². The molecule has 0 N–H and O–H groups in total. The van der Waals surface area contributed by atoms with Crippen LogP contribution in [0.25, 0.3) is 10.8 Å². The molecule has 0 aromatic carbocycles. The first-order chi connectivity index (χ1) is 8.84. The molecule has 94 valence electrons. The van der Waals surface area contributed by atoms with Crippen LogP contribution >= 0.6 is 11.6 Å². The highest BCUT2D eigenvalue weighted by Crippen LogP contribution is 2.24. The van der Waals surface area contributed by atoms with Crippen LogP contribution in [-0.4, -0.2) is 27.9 Å². The first kappa shape index (κ1) is 11.8. The van der Waals surface area contributed by atoms with Gasteiger partial charge in [-0.1, -0.05) is 11.6 Å². The molecule has 0 aliphatic carbocycles. The molecule has 0 spiro atoms. The van der Waals surface area contributed by atoms with Gasteiger partial charge in [0.2, 0.25) is 0 Å². The number of halogens is 1. The molecule has 4 nitrogen and oxygen atoms in total. The molecular weight excluding hydrogens is 250 g/mol. The monoisotopic (exact) mass is 263 g/mol. The van der Waals surface area contributed by atoms with Gasteiger partial charge in [-0.15, -0.1) is 5.10 Å². The highest BCUT2D eigenvalue weighted by atomic mass is 35.5. The van der Waals surface area contributed by atoms with Gasteiger partial charge in [0.25, 0.3) is 0 Å². The Morgan fingerprint density at radius 3 is 3.11 bits per heavy atom. The van der Waals surface area contributed by atoms with Gasteiger partial charge in [0.1, 0.15) is 0 Å². The van der Waals surface area contributed by atoms with Gasteiger partial charge in [0, 0.05) is 29.8 Å². The van der Waals surface area contributed by atoms with E-state index in [9.17, 15) is 0 Å². The summed E-state index contributed by atoms with van der Waals surface area (Å²) in [5.41, 5.74) is 0.956. The lowest BCUT2D eigenvalue weighted by atomic mass is 10.1. The van der Waals surface area contributed by atoms with Gasteiger partial charge in [0.05, 0.1) is 11.8 Å². The van der Waals surface area contributed by atoms with Crippen molar-refractivity contribution in [3.05, 3.63) is 29.3 Å². The molecular formula is C13H14ClN3O. The standard InChI is InChI=1S/C13H14ClN3O/c14-13-10-5-6-15-8-11(10)12(16-17-13)4-3-9-2-1-7-18-9/h5-6,8-9H,1-4,7H2/t9-/m0/s1. The SMILES string of the molecule is Clc1nnc(CC[C@@H]2CCCO2)c2cnccc12. The molecule has 0 saturated carbocycles. The summed E-state index contributed by atoms with van der Waals surface area (Å²) in [7, 11) is 0. The van der Waals surface area contributed by atoms with Crippen molar-refractivity contribution in [3.63, 3.8) is 0 Å². The van der Waals surface area contributed by atoms with Gasteiger partial charge in [-0.05, 0) is 31.7 Å². The lowest BCUT2D eigenvalue weighted by Crippen LogP contribution is -2.07. The van der Waals surface area contributed by atoms with E-state index in [1.807, 2.05) is 6.07 Å². The highest BCUT2D eigenvalue weighted by Gasteiger charge is 2.16. The van der Waals surface area contributed by atoms with Crippen LogP contribution < -0.4 is 0 Å². The van der Waals surface area contributed by atoms with E-state index in [-0.39, 0.29) is 0 Å². The quantitative estimate of drug-likeness (QED) is 0.854. The fraction of sp³-hybridized carbons (Fsp3) is 0.462. The number of fused-ring (bicyclic) bond motifs is 1. The fourth-order valence-electron chi connectivity index (χ4n) is 2.37. The van der Waals surface area contributed by atoms with Crippen LogP contribution in [0.3, 0.4) is 0 Å². The van der Waals surface area contributed by atoms with Gasteiger partial charge >= 0.3 is 0 Å². The van der Waals surface area contributed by atoms with E-state index in [1.165, 1.54) is 6.42 Å². The van der Waals surface area contributed by atoms with Gasteiger partial charge in [0.15, 0.2) is 5.15 Å². The number of hydrogen-bond donors (Lipinski definition) is 0. The molecule has 3 rings (SSSR count). The molecule has 0 radical (unpaired) electrons. The Labute approximate surface area is 110 Å². The second kappa shape index (κ2) is 5.16. The van der Waals surface area contributed by atoms with Crippen molar-refractivity contribution < 1.29 is 4.74 Å². The zero-order valence-electron chi connectivity index (χ0n) is 9.97. The number of nitrogens with zero attached hydrogens (tertiary/aromatic N) is 3. The largest absolute Gasteiger partial charge is 0.378 e. The summed E-state index contributed by atoms with van der Waals surface area (Å²) in [6.07, 6.45) is 8.06. The van der Waals surface area contributed by atoms with Gasteiger partial charge in [-0.3, -0.25) is 4.98 Å². The number of aromatic nitrogens is 3. The maximum atomic E-state index is 6.03. The lowest BCUT2D eigenvalue weighted by Gasteiger charge is -2.09. The summed E-state index contributed by atoms with van der Waals surface area (Å²) in [5, 5.41) is 10.5. The summed E-state index contributed by atoms with van der Waals surface area (Å²) in [4.78, 5) is 4.14. The average molecular weight is 264 g/mol. The molecule has 5 heteroatoms. The Kier molecular flexibility index (Phi) is 3.39. The number of hydrogen-bond acceptors (Lipinski definition) is 4. The topological polar surface area (TPSA) is 47.9 Å². The Morgan fingerprint density at radius 1 is 1.33 bits per heavy atom. The van der Waals surface area contributed by atoms with E-state index in [1.54, 1.807) is 12.4 Å². The van der Waals surface area contributed by atoms with Crippen molar-refractivity contribution in [1.29, 1.82) is 0 Å². The molecule has 1 aliphatic heterocycles. The van der Waals surface area contributed by atoms with E-state index in [4.69, 9.17) is 16.3 Å². The van der Waals surface area contributed by atoms with Crippen molar-refractivity contribution >= 4 is 22.4 Å². The molecule has 0 unspecified atom stereocenters. The van der Waals surface area contributed by atoms with Crippen molar-refractivity contribution in [2.45, 2.75) is 31.8 Å².